The van der Waals surface area contributed by atoms with E-state index in [2.05, 4.69) is 43.3 Å². The lowest BCUT2D eigenvalue weighted by molar-refractivity contribution is 0.446. The lowest BCUT2D eigenvalue weighted by Crippen LogP contribution is -2.13. The monoisotopic (exact) mass is 311 g/mol. The summed E-state index contributed by atoms with van der Waals surface area (Å²) in [5.74, 6) is 0.855. The molecular weight excluding hydrogens is 290 g/mol. The largest absolute Gasteiger partial charge is 0.192 e. The van der Waals surface area contributed by atoms with E-state index in [4.69, 9.17) is 5.26 Å². The van der Waals surface area contributed by atoms with Gasteiger partial charge in [-0.1, -0.05) is 49.7 Å². The second kappa shape index (κ2) is 6.13. The molecule has 0 amide bonds. The van der Waals surface area contributed by atoms with Gasteiger partial charge in [-0.25, -0.2) is 0 Å². The van der Waals surface area contributed by atoms with Gasteiger partial charge in [-0.05, 0) is 76.4 Å². The molecule has 1 unspecified atom stereocenters. The molecule has 118 valence electrons. The molecule has 1 nitrogen and oxygen atoms in total. The number of hydrogen-bond acceptors (Lipinski definition) is 1. The van der Waals surface area contributed by atoms with E-state index in [-0.39, 0.29) is 0 Å². The van der Waals surface area contributed by atoms with Crippen molar-refractivity contribution in [2.45, 2.75) is 32.6 Å². The van der Waals surface area contributed by atoms with Crippen LogP contribution >= 0.6 is 0 Å². The van der Waals surface area contributed by atoms with Crippen molar-refractivity contribution in [1.29, 1.82) is 5.26 Å². The van der Waals surface area contributed by atoms with Gasteiger partial charge in [0.15, 0.2) is 0 Å². The van der Waals surface area contributed by atoms with Gasteiger partial charge in [0.1, 0.15) is 0 Å². The molecule has 1 atom stereocenters. The molecule has 3 aromatic carbocycles. The third-order valence-corrected chi connectivity index (χ3v) is 5.46. The Morgan fingerprint density at radius 1 is 1.00 bits per heavy atom. The van der Waals surface area contributed by atoms with Crippen molar-refractivity contribution in [2.75, 3.05) is 0 Å². The van der Waals surface area contributed by atoms with Gasteiger partial charge in [-0.3, -0.25) is 0 Å². The van der Waals surface area contributed by atoms with E-state index >= 15 is 0 Å². The Morgan fingerprint density at radius 3 is 2.54 bits per heavy atom. The fourth-order valence-corrected chi connectivity index (χ4v) is 3.95. The highest BCUT2D eigenvalue weighted by molar-refractivity contribution is 5.91. The fourth-order valence-electron chi connectivity index (χ4n) is 3.95. The molecule has 0 aliphatic heterocycles. The van der Waals surface area contributed by atoms with Crippen molar-refractivity contribution < 1.29 is 0 Å². The highest BCUT2D eigenvalue weighted by atomic mass is 14.2. The number of hydrogen-bond donors (Lipinski definition) is 0. The summed E-state index contributed by atoms with van der Waals surface area (Å²) in [6, 6.07) is 21.4. The first kappa shape index (κ1) is 15.0. The smallest absolute Gasteiger partial charge is 0.0991 e. The van der Waals surface area contributed by atoms with Crippen molar-refractivity contribution in [2.24, 2.45) is 5.92 Å². The van der Waals surface area contributed by atoms with Crippen LogP contribution in [0.5, 0.6) is 0 Å². The van der Waals surface area contributed by atoms with Crippen LogP contribution in [0.15, 0.2) is 54.6 Å². The van der Waals surface area contributed by atoms with E-state index in [1.807, 2.05) is 24.3 Å². The number of benzene rings is 3. The average molecular weight is 311 g/mol. The van der Waals surface area contributed by atoms with E-state index in [0.717, 1.165) is 5.92 Å². The van der Waals surface area contributed by atoms with Gasteiger partial charge in [-0.15, -0.1) is 0 Å². The maximum absolute atomic E-state index is 8.94. The normalized spacial score (nSPS) is 16.6. The van der Waals surface area contributed by atoms with Gasteiger partial charge in [-0.2, -0.15) is 5.26 Å². The second-order valence-corrected chi connectivity index (χ2v) is 6.85. The minimum atomic E-state index is 0.707. The van der Waals surface area contributed by atoms with Crippen LogP contribution in [0.4, 0.5) is 0 Å². The number of fused-ring (bicyclic) bond motifs is 3. The Balaban J connectivity index is 1.75. The third kappa shape index (κ3) is 2.59. The van der Waals surface area contributed by atoms with Gasteiger partial charge in [0.25, 0.3) is 0 Å². The molecule has 0 N–H and O–H groups in total. The lowest BCUT2D eigenvalue weighted by atomic mass is 9.80. The van der Waals surface area contributed by atoms with E-state index in [0.29, 0.717) is 5.56 Å². The topological polar surface area (TPSA) is 23.8 Å². The molecule has 0 bridgehead atoms. The number of aryl methyl sites for hydroxylation is 1. The maximum Gasteiger partial charge on any atom is 0.0991 e. The van der Waals surface area contributed by atoms with Crippen molar-refractivity contribution in [3.8, 4) is 17.2 Å². The first-order valence-electron chi connectivity index (χ1n) is 8.83. The van der Waals surface area contributed by atoms with Gasteiger partial charge in [0.05, 0.1) is 11.6 Å². The quantitative estimate of drug-likeness (QED) is 0.578. The molecule has 0 heterocycles. The fraction of sp³-hybridized carbons (Fsp3) is 0.261. The van der Waals surface area contributed by atoms with Crippen LogP contribution < -0.4 is 0 Å². The predicted octanol–water partition coefficient (Wildman–Crippen LogP) is 5.89. The molecule has 0 fully saturated rings. The zero-order valence-corrected chi connectivity index (χ0v) is 14.0. The number of nitrogens with zero attached hydrogens (tertiary/aromatic N) is 1. The molecule has 0 saturated heterocycles. The Labute approximate surface area is 143 Å². The lowest BCUT2D eigenvalue weighted by Gasteiger charge is -2.25. The van der Waals surface area contributed by atoms with Gasteiger partial charge in [0, 0.05) is 0 Å². The van der Waals surface area contributed by atoms with Crippen LogP contribution in [0.1, 0.15) is 36.5 Å². The number of rotatable bonds is 2. The first-order chi connectivity index (χ1) is 11.8. The summed E-state index contributed by atoms with van der Waals surface area (Å²) in [5, 5.41) is 11.7. The Bertz CT molecular complexity index is 929. The molecule has 3 aromatic rings. The molecule has 1 heteroatoms. The van der Waals surface area contributed by atoms with Crippen molar-refractivity contribution in [3.05, 3.63) is 71.3 Å². The Hall–Kier alpha value is -2.59. The minimum absolute atomic E-state index is 0.707. The van der Waals surface area contributed by atoms with Gasteiger partial charge in [0.2, 0.25) is 0 Å². The van der Waals surface area contributed by atoms with Crippen molar-refractivity contribution >= 4 is 10.8 Å². The summed E-state index contributed by atoms with van der Waals surface area (Å²) >= 11 is 0. The van der Waals surface area contributed by atoms with Gasteiger partial charge < -0.3 is 0 Å². The molecular formula is C23H21N. The minimum Gasteiger partial charge on any atom is -0.192 e. The van der Waals surface area contributed by atoms with Crippen molar-refractivity contribution in [3.63, 3.8) is 0 Å². The number of nitriles is 1. The van der Waals surface area contributed by atoms with Crippen LogP contribution in [0.25, 0.3) is 21.9 Å². The third-order valence-electron chi connectivity index (χ3n) is 5.46. The molecule has 4 rings (SSSR count). The summed E-state index contributed by atoms with van der Waals surface area (Å²) in [6.45, 7) is 2.31. The molecule has 0 aromatic heterocycles. The Morgan fingerprint density at radius 2 is 1.79 bits per heavy atom. The van der Waals surface area contributed by atoms with E-state index in [1.54, 1.807) is 11.1 Å². The van der Waals surface area contributed by atoms with Crippen molar-refractivity contribution in [1.82, 2.24) is 0 Å². The van der Waals surface area contributed by atoms with E-state index in [9.17, 15) is 0 Å². The highest BCUT2D eigenvalue weighted by Crippen LogP contribution is 2.34. The van der Waals surface area contributed by atoms with Crippen LogP contribution in [0.3, 0.4) is 0 Å². The summed E-state index contributed by atoms with van der Waals surface area (Å²) in [5.41, 5.74) is 6.20. The van der Waals surface area contributed by atoms with Crippen LogP contribution in [-0.2, 0) is 12.8 Å². The molecule has 1 aliphatic rings. The molecule has 24 heavy (non-hydrogen) atoms. The maximum atomic E-state index is 8.94. The Kier molecular flexibility index (Phi) is 3.82. The van der Waals surface area contributed by atoms with E-state index < -0.39 is 0 Å². The summed E-state index contributed by atoms with van der Waals surface area (Å²) in [7, 11) is 0. The summed E-state index contributed by atoms with van der Waals surface area (Å²) in [6.07, 6.45) is 5.05. The summed E-state index contributed by atoms with van der Waals surface area (Å²) < 4.78 is 0. The zero-order valence-electron chi connectivity index (χ0n) is 14.0. The summed E-state index contributed by atoms with van der Waals surface area (Å²) in [4.78, 5) is 0. The highest BCUT2D eigenvalue weighted by Gasteiger charge is 2.19. The standard InChI is InChI=1S/C23H21N/c1-2-16-5-11-22-20(13-16)8-9-21-14-19(10-12-23(21)22)18-6-3-17(15-24)4-7-18/h3-4,6-10,12,14,16H,2,5,11,13H2,1H3. The van der Waals surface area contributed by atoms with Crippen LogP contribution in [0, 0.1) is 17.2 Å². The SMILES string of the molecule is CCC1CCc2c(ccc3cc(-c4ccc(C#N)cc4)ccc23)C1. The predicted molar refractivity (Wildman–Crippen MR) is 99.9 cm³/mol. The second-order valence-electron chi connectivity index (χ2n) is 6.85. The average Bonchev–Trinajstić information content (AvgIpc) is 2.67. The van der Waals surface area contributed by atoms with Gasteiger partial charge >= 0.3 is 0 Å². The van der Waals surface area contributed by atoms with Crippen LogP contribution in [0.2, 0.25) is 0 Å². The molecule has 0 saturated carbocycles. The molecule has 0 radical (unpaired) electrons. The molecule has 1 aliphatic carbocycles. The zero-order chi connectivity index (χ0) is 16.5. The molecule has 0 spiro atoms. The van der Waals surface area contributed by atoms with E-state index in [1.165, 1.54) is 47.6 Å². The first-order valence-corrected chi connectivity index (χ1v) is 8.83. The van der Waals surface area contributed by atoms with Crippen LogP contribution in [-0.4, -0.2) is 0 Å².